The minimum absolute atomic E-state index is 0.267. The molecule has 2 saturated heterocycles. The van der Waals surface area contributed by atoms with Crippen molar-refractivity contribution in [1.29, 1.82) is 0 Å². The van der Waals surface area contributed by atoms with Crippen LogP contribution < -0.4 is 10.9 Å². The van der Waals surface area contributed by atoms with Crippen LogP contribution in [0.25, 0.3) is 0 Å². The number of rotatable bonds is 8. The fraction of sp³-hybridized carbons (Fsp3) is 0.857. The average molecular weight is 813 g/mol. The minimum atomic E-state index is -1.69. The molecule has 0 atom stereocenters. The van der Waals surface area contributed by atoms with Crippen molar-refractivity contribution in [3.63, 3.8) is 0 Å². The van der Waals surface area contributed by atoms with E-state index in [0.717, 1.165) is 62.3 Å². The topological polar surface area (TPSA) is 91.0 Å². The maximum absolute atomic E-state index is 6.63. The second-order valence-electron chi connectivity index (χ2n) is 22.3. The first-order chi connectivity index (χ1) is 25.4. The quantitative estimate of drug-likeness (QED) is 0.244. The highest BCUT2D eigenvalue weighted by molar-refractivity contribution is 6.74. The lowest BCUT2D eigenvalue weighted by Gasteiger charge is -2.41. The molecule has 2 aliphatic heterocycles. The van der Waals surface area contributed by atoms with Gasteiger partial charge in [-0.05, 0) is 143 Å². The van der Waals surface area contributed by atoms with E-state index in [0.29, 0.717) is 24.3 Å². The Balaban J connectivity index is 0.000000214. The second kappa shape index (κ2) is 16.0. The second-order valence-corrected chi connectivity index (χ2v) is 31.8. The van der Waals surface area contributed by atoms with E-state index in [-0.39, 0.29) is 46.7 Å². The molecule has 2 aromatic heterocycles. The SMILES string of the molecule is CC1(C)OB(c2cnn(C3CCC(O[Si](C)(C)C(C)(C)C)CC3)c2)OC1(C)C.CC1(C)OB(c2cnn(C3CCC(O[Si](C)(C)C(C)(C)C)CC3)c2)OC1(C)C. The molecule has 56 heavy (non-hydrogen) atoms. The van der Waals surface area contributed by atoms with Gasteiger partial charge in [-0.1, -0.05) is 41.5 Å². The van der Waals surface area contributed by atoms with Gasteiger partial charge in [0.25, 0.3) is 0 Å². The average Bonchev–Trinajstić information content (AvgIpc) is 3.82. The maximum Gasteiger partial charge on any atom is 0.498 e. The Morgan fingerprint density at radius 1 is 0.536 bits per heavy atom. The molecule has 2 saturated carbocycles. The van der Waals surface area contributed by atoms with Gasteiger partial charge in [-0.2, -0.15) is 10.2 Å². The Hall–Kier alpha value is -1.26. The van der Waals surface area contributed by atoms with E-state index in [1.54, 1.807) is 0 Å². The summed E-state index contributed by atoms with van der Waals surface area (Å²) in [4.78, 5) is 0. The summed E-state index contributed by atoms with van der Waals surface area (Å²) in [5.74, 6) is 0. The van der Waals surface area contributed by atoms with Crippen LogP contribution in [0, 0.1) is 0 Å². The molecule has 0 aromatic carbocycles. The van der Waals surface area contributed by atoms with Crippen molar-refractivity contribution in [2.24, 2.45) is 0 Å². The van der Waals surface area contributed by atoms with Crippen LogP contribution in [0.1, 0.15) is 160 Å². The predicted molar refractivity (Wildman–Crippen MR) is 235 cm³/mol. The van der Waals surface area contributed by atoms with Gasteiger partial charge in [0.05, 0.1) is 34.5 Å². The Morgan fingerprint density at radius 3 is 1.05 bits per heavy atom. The molecule has 2 aromatic rings. The van der Waals surface area contributed by atoms with Gasteiger partial charge in [-0.3, -0.25) is 9.36 Å². The Bertz CT molecular complexity index is 1460. The zero-order chi connectivity index (χ0) is 41.9. The molecule has 316 valence electrons. The largest absolute Gasteiger partial charge is 0.498 e. The third kappa shape index (κ3) is 10.0. The summed E-state index contributed by atoms with van der Waals surface area (Å²) in [6, 6.07) is 0.880. The summed E-state index contributed by atoms with van der Waals surface area (Å²) in [7, 11) is -4.05. The number of aromatic nitrogens is 4. The van der Waals surface area contributed by atoms with Gasteiger partial charge in [0.1, 0.15) is 0 Å². The molecule has 0 radical (unpaired) electrons. The van der Waals surface area contributed by atoms with E-state index in [2.05, 4.69) is 155 Å². The van der Waals surface area contributed by atoms with E-state index in [9.17, 15) is 0 Å². The first kappa shape index (κ1) is 45.8. The van der Waals surface area contributed by atoms with Gasteiger partial charge in [0.15, 0.2) is 16.6 Å². The summed E-state index contributed by atoms with van der Waals surface area (Å²) in [5.41, 5.74) is 0.743. The van der Waals surface area contributed by atoms with Crippen molar-refractivity contribution in [2.45, 2.75) is 231 Å². The highest BCUT2D eigenvalue weighted by Crippen LogP contribution is 2.42. The normalized spacial score (nSPS) is 28.0. The van der Waals surface area contributed by atoms with Crippen LogP contribution >= 0.6 is 0 Å². The Kier molecular flexibility index (Phi) is 13.1. The van der Waals surface area contributed by atoms with Gasteiger partial charge in [-0.15, -0.1) is 0 Å². The van der Waals surface area contributed by atoms with E-state index >= 15 is 0 Å². The zero-order valence-electron chi connectivity index (χ0n) is 38.7. The van der Waals surface area contributed by atoms with Gasteiger partial charge >= 0.3 is 14.2 Å². The Morgan fingerprint density at radius 2 is 0.804 bits per heavy atom. The fourth-order valence-electron chi connectivity index (χ4n) is 7.35. The lowest BCUT2D eigenvalue weighted by atomic mass is 9.82. The minimum Gasteiger partial charge on any atom is -0.414 e. The van der Waals surface area contributed by atoms with Crippen molar-refractivity contribution in [2.75, 3.05) is 0 Å². The summed E-state index contributed by atoms with van der Waals surface area (Å²) in [6.45, 7) is 39.9. The van der Waals surface area contributed by atoms with Crippen LogP contribution in [0.15, 0.2) is 24.8 Å². The molecule has 0 bridgehead atoms. The lowest BCUT2D eigenvalue weighted by Crippen LogP contribution is -2.44. The van der Waals surface area contributed by atoms with Gasteiger partial charge < -0.3 is 27.5 Å². The van der Waals surface area contributed by atoms with Crippen LogP contribution in [-0.2, 0) is 27.5 Å². The van der Waals surface area contributed by atoms with Crippen LogP contribution in [0.4, 0.5) is 0 Å². The van der Waals surface area contributed by atoms with Gasteiger partial charge in [0, 0.05) is 47.9 Å². The molecule has 0 spiro atoms. The van der Waals surface area contributed by atoms with Crippen molar-refractivity contribution >= 4 is 41.8 Å². The van der Waals surface area contributed by atoms with E-state index < -0.39 is 16.6 Å². The molecular formula is C42H78B2N4O6Si2. The maximum atomic E-state index is 6.63. The van der Waals surface area contributed by atoms with Crippen LogP contribution in [0.3, 0.4) is 0 Å². The van der Waals surface area contributed by atoms with Gasteiger partial charge in [0.2, 0.25) is 0 Å². The standard InChI is InChI=1S/2C21H39BN2O3Si/c2*1-19(2,3)28(8,9)25-18-12-10-17(11-13-18)24-15-16(14-23-24)22-26-20(4,5)21(6,7)27-22/h2*14-15,17-18H,10-13H2,1-9H3. The first-order valence-corrected chi connectivity index (χ1v) is 27.4. The van der Waals surface area contributed by atoms with Crippen LogP contribution in [0.5, 0.6) is 0 Å². The van der Waals surface area contributed by atoms with Crippen molar-refractivity contribution in [3.05, 3.63) is 24.8 Å². The molecule has 4 fully saturated rings. The highest BCUT2D eigenvalue weighted by Gasteiger charge is 2.53. The monoisotopic (exact) mass is 813 g/mol. The molecule has 14 heteroatoms. The van der Waals surface area contributed by atoms with E-state index in [4.69, 9.17) is 27.5 Å². The molecule has 2 aliphatic carbocycles. The molecule has 10 nitrogen and oxygen atoms in total. The molecule has 6 rings (SSSR count). The molecule has 0 N–H and O–H groups in total. The van der Waals surface area contributed by atoms with Crippen LogP contribution in [0.2, 0.25) is 36.3 Å². The summed E-state index contributed by atoms with van der Waals surface area (Å²) in [5, 5.41) is 9.82. The van der Waals surface area contributed by atoms with Crippen molar-refractivity contribution in [3.8, 4) is 0 Å². The summed E-state index contributed by atoms with van der Waals surface area (Å²) < 4.78 is 42.1. The molecule has 0 unspecified atom stereocenters. The number of hydrogen-bond donors (Lipinski definition) is 0. The molecule has 4 aliphatic rings. The summed E-state index contributed by atoms with van der Waals surface area (Å²) >= 11 is 0. The molecular weight excluding hydrogens is 734 g/mol. The predicted octanol–water partition coefficient (Wildman–Crippen LogP) is 9.38. The van der Waals surface area contributed by atoms with E-state index in [1.165, 1.54) is 0 Å². The Labute approximate surface area is 343 Å². The molecule has 4 heterocycles. The zero-order valence-corrected chi connectivity index (χ0v) is 40.7. The lowest BCUT2D eigenvalue weighted by molar-refractivity contribution is 0.00578. The molecule has 0 amide bonds. The van der Waals surface area contributed by atoms with Gasteiger partial charge in [-0.25, -0.2) is 0 Å². The highest BCUT2D eigenvalue weighted by atomic mass is 28.4. The number of hydrogen-bond acceptors (Lipinski definition) is 8. The third-order valence-electron chi connectivity index (χ3n) is 14.9. The first-order valence-electron chi connectivity index (χ1n) is 21.6. The third-order valence-corrected chi connectivity index (χ3v) is 23.9. The van der Waals surface area contributed by atoms with Crippen molar-refractivity contribution < 1.29 is 27.5 Å². The number of nitrogens with zero attached hydrogens (tertiary/aromatic N) is 4. The van der Waals surface area contributed by atoms with E-state index in [1.807, 2.05) is 12.4 Å². The van der Waals surface area contributed by atoms with Crippen molar-refractivity contribution in [1.82, 2.24) is 19.6 Å². The van der Waals surface area contributed by atoms with Crippen LogP contribution in [-0.4, -0.2) is 85.0 Å². The summed E-state index contributed by atoms with van der Waals surface area (Å²) in [6.07, 6.45) is 17.7. The fourth-order valence-corrected chi connectivity index (χ4v) is 10.2. The smallest absolute Gasteiger partial charge is 0.414 e.